The Balaban J connectivity index is 3.94. The molecule has 56 heavy (non-hydrogen) atoms. The summed E-state index contributed by atoms with van der Waals surface area (Å²) in [4.78, 5) is 23.5. The van der Waals surface area contributed by atoms with E-state index < -0.39 is 5.97 Å². The van der Waals surface area contributed by atoms with E-state index in [1.807, 2.05) is 0 Å². The van der Waals surface area contributed by atoms with E-state index in [-0.39, 0.29) is 18.5 Å². The number of aliphatic carboxylic acids is 1. The number of unbranched alkanes of at least 4 members (excludes halogenated alkanes) is 31. The fraction of sp³-hybridized carbons (Fsp3) is 0.846. The number of rotatable bonds is 46. The zero-order valence-corrected chi connectivity index (χ0v) is 37.7. The van der Waals surface area contributed by atoms with Crippen molar-refractivity contribution >= 4 is 11.9 Å². The van der Waals surface area contributed by atoms with Crippen LogP contribution in [0.3, 0.4) is 0 Å². The molecule has 1 atom stereocenters. The number of esters is 1. The molecule has 0 spiro atoms. The number of carbonyl (C=O) groups excluding carboxylic acids is 1. The van der Waals surface area contributed by atoms with Crippen LogP contribution in [-0.2, 0) is 14.3 Å². The van der Waals surface area contributed by atoms with Gasteiger partial charge in [0.25, 0.3) is 0 Å². The molecule has 1 unspecified atom stereocenters. The van der Waals surface area contributed by atoms with Crippen molar-refractivity contribution in [3.05, 3.63) is 36.5 Å². The van der Waals surface area contributed by atoms with Crippen LogP contribution >= 0.6 is 0 Å². The van der Waals surface area contributed by atoms with Gasteiger partial charge in [0.1, 0.15) is 6.10 Å². The number of hydrogen-bond donors (Lipinski definition) is 1. The SMILES string of the molecule is CCCCCCC/C=C\C/C=C\CCCCCC(CCCCCCCC(=O)O)OC(=O)CCCCCCCCCCCCC/C=C\CCCCCCCCCC. The van der Waals surface area contributed by atoms with Crippen LogP contribution in [0.1, 0.15) is 277 Å². The molecule has 0 aromatic rings. The maximum atomic E-state index is 12.8. The van der Waals surface area contributed by atoms with Crippen molar-refractivity contribution in [1.82, 2.24) is 0 Å². The molecular weight excluding hydrogens is 689 g/mol. The summed E-state index contributed by atoms with van der Waals surface area (Å²) in [5.74, 6) is -0.709. The molecule has 0 fully saturated rings. The molecule has 0 radical (unpaired) electrons. The topological polar surface area (TPSA) is 63.6 Å². The second-order valence-electron chi connectivity index (χ2n) is 17.0. The highest BCUT2D eigenvalue weighted by atomic mass is 16.5. The van der Waals surface area contributed by atoms with Gasteiger partial charge in [-0.3, -0.25) is 9.59 Å². The first-order valence-corrected chi connectivity index (χ1v) is 25.0. The minimum absolute atomic E-state index is 0.00704. The van der Waals surface area contributed by atoms with Crippen molar-refractivity contribution in [3.63, 3.8) is 0 Å². The van der Waals surface area contributed by atoms with Gasteiger partial charge in [0, 0.05) is 12.8 Å². The highest BCUT2D eigenvalue weighted by molar-refractivity contribution is 5.69. The third kappa shape index (κ3) is 46.5. The molecule has 0 aliphatic carbocycles. The Morgan fingerprint density at radius 3 is 1.09 bits per heavy atom. The van der Waals surface area contributed by atoms with E-state index in [0.717, 1.165) is 77.0 Å². The van der Waals surface area contributed by atoms with Gasteiger partial charge in [-0.05, 0) is 96.3 Å². The summed E-state index contributed by atoms with van der Waals surface area (Å²) >= 11 is 0. The zero-order chi connectivity index (χ0) is 40.7. The van der Waals surface area contributed by atoms with Gasteiger partial charge in [0.15, 0.2) is 0 Å². The van der Waals surface area contributed by atoms with Gasteiger partial charge < -0.3 is 9.84 Å². The maximum absolute atomic E-state index is 12.8. The first-order valence-electron chi connectivity index (χ1n) is 25.0. The van der Waals surface area contributed by atoms with Crippen molar-refractivity contribution < 1.29 is 19.4 Å². The third-order valence-electron chi connectivity index (χ3n) is 11.3. The van der Waals surface area contributed by atoms with Crippen LogP contribution in [0.4, 0.5) is 0 Å². The van der Waals surface area contributed by atoms with Crippen molar-refractivity contribution in [2.24, 2.45) is 0 Å². The summed E-state index contributed by atoms with van der Waals surface area (Å²) in [6, 6.07) is 0. The Kier molecular flexibility index (Phi) is 46.0. The Labute approximate surface area is 350 Å². The summed E-state index contributed by atoms with van der Waals surface area (Å²) in [5, 5.41) is 8.86. The quantitative estimate of drug-likeness (QED) is 0.0379. The van der Waals surface area contributed by atoms with Gasteiger partial charge >= 0.3 is 11.9 Å². The molecule has 4 nitrogen and oxygen atoms in total. The number of carboxylic acid groups (broad SMARTS) is 1. The van der Waals surface area contributed by atoms with Gasteiger partial charge in [0.05, 0.1) is 0 Å². The van der Waals surface area contributed by atoms with Crippen molar-refractivity contribution in [2.45, 2.75) is 283 Å². The summed E-state index contributed by atoms with van der Waals surface area (Å²) in [6.45, 7) is 4.56. The highest BCUT2D eigenvalue weighted by Crippen LogP contribution is 2.19. The molecule has 0 aliphatic rings. The van der Waals surface area contributed by atoms with Crippen LogP contribution in [-0.4, -0.2) is 23.1 Å². The van der Waals surface area contributed by atoms with Crippen LogP contribution in [0, 0.1) is 0 Å². The lowest BCUT2D eigenvalue weighted by Gasteiger charge is -2.18. The molecule has 0 amide bonds. The van der Waals surface area contributed by atoms with Crippen LogP contribution in [0.2, 0.25) is 0 Å². The van der Waals surface area contributed by atoms with Crippen LogP contribution in [0.5, 0.6) is 0 Å². The van der Waals surface area contributed by atoms with E-state index >= 15 is 0 Å². The van der Waals surface area contributed by atoms with E-state index in [2.05, 4.69) is 50.3 Å². The maximum Gasteiger partial charge on any atom is 0.306 e. The Morgan fingerprint density at radius 2 is 0.696 bits per heavy atom. The van der Waals surface area contributed by atoms with E-state index in [9.17, 15) is 9.59 Å². The number of ether oxygens (including phenoxy) is 1. The molecule has 0 rings (SSSR count). The first-order chi connectivity index (χ1) is 27.6. The smallest absolute Gasteiger partial charge is 0.306 e. The number of allylic oxidation sites excluding steroid dienone is 6. The van der Waals surface area contributed by atoms with Crippen molar-refractivity contribution in [2.75, 3.05) is 0 Å². The normalized spacial score (nSPS) is 12.5. The van der Waals surface area contributed by atoms with Crippen molar-refractivity contribution in [3.8, 4) is 0 Å². The number of hydrogen-bond acceptors (Lipinski definition) is 3. The fourth-order valence-corrected chi connectivity index (χ4v) is 7.62. The number of carbonyl (C=O) groups is 2. The summed E-state index contributed by atoms with van der Waals surface area (Å²) in [7, 11) is 0. The predicted octanol–water partition coefficient (Wildman–Crippen LogP) is 17.7. The second-order valence-corrected chi connectivity index (χ2v) is 17.0. The molecule has 1 N–H and O–H groups in total. The monoisotopic (exact) mass is 785 g/mol. The summed E-state index contributed by atoms with van der Waals surface area (Å²) in [5.41, 5.74) is 0. The lowest BCUT2D eigenvalue weighted by molar-refractivity contribution is -0.150. The van der Waals surface area contributed by atoms with Gasteiger partial charge in [-0.2, -0.15) is 0 Å². The highest BCUT2D eigenvalue weighted by Gasteiger charge is 2.14. The van der Waals surface area contributed by atoms with Gasteiger partial charge in [-0.15, -0.1) is 0 Å². The summed E-state index contributed by atoms with van der Waals surface area (Å²) in [6.07, 6.45) is 63.4. The second kappa shape index (κ2) is 47.5. The van der Waals surface area contributed by atoms with E-state index in [0.29, 0.717) is 6.42 Å². The molecule has 4 heteroatoms. The van der Waals surface area contributed by atoms with Crippen LogP contribution in [0.15, 0.2) is 36.5 Å². The molecule has 0 saturated carbocycles. The molecule has 0 heterocycles. The van der Waals surface area contributed by atoms with Gasteiger partial charge in [-0.1, -0.05) is 204 Å². The van der Waals surface area contributed by atoms with Crippen LogP contribution < -0.4 is 0 Å². The van der Waals surface area contributed by atoms with Crippen molar-refractivity contribution in [1.29, 1.82) is 0 Å². The Bertz CT molecular complexity index is 889. The molecule has 328 valence electrons. The third-order valence-corrected chi connectivity index (χ3v) is 11.3. The average Bonchev–Trinajstić information content (AvgIpc) is 3.19. The molecule has 0 aromatic heterocycles. The predicted molar refractivity (Wildman–Crippen MR) is 246 cm³/mol. The minimum atomic E-state index is -0.702. The minimum Gasteiger partial charge on any atom is -0.481 e. The van der Waals surface area contributed by atoms with E-state index in [1.165, 1.54) is 173 Å². The summed E-state index contributed by atoms with van der Waals surface area (Å²) < 4.78 is 6.04. The average molecular weight is 785 g/mol. The lowest BCUT2D eigenvalue weighted by atomic mass is 10.0. The molecule has 0 aromatic carbocycles. The Hall–Kier alpha value is -1.84. The standard InChI is InChI=1S/C52H96O4/c1-3-5-7-9-11-13-15-17-19-20-21-22-23-24-25-26-28-30-32-34-36-41-45-49-52(55)56-50(47-43-39-37-40-44-48-51(53)54)46-42-38-35-33-31-29-27-18-16-14-12-10-8-6-4-2/h16,18,20-21,29,31,50H,3-15,17,19,22-28,30,32-49H2,1-2H3,(H,53,54)/b18-16-,21-20-,31-29-. The Morgan fingerprint density at radius 1 is 0.393 bits per heavy atom. The van der Waals surface area contributed by atoms with E-state index in [1.54, 1.807) is 0 Å². The van der Waals surface area contributed by atoms with Crippen LogP contribution in [0.25, 0.3) is 0 Å². The lowest BCUT2D eigenvalue weighted by Crippen LogP contribution is -2.18. The van der Waals surface area contributed by atoms with Gasteiger partial charge in [0.2, 0.25) is 0 Å². The van der Waals surface area contributed by atoms with E-state index in [4.69, 9.17) is 9.84 Å². The molecule has 0 saturated heterocycles. The number of carboxylic acids is 1. The molecular formula is C52H96O4. The zero-order valence-electron chi connectivity index (χ0n) is 37.7. The fourth-order valence-electron chi connectivity index (χ4n) is 7.62. The molecule has 0 aliphatic heterocycles. The van der Waals surface area contributed by atoms with Gasteiger partial charge in [-0.25, -0.2) is 0 Å². The first kappa shape index (κ1) is 54.2. The largest absolute Gasteiger partial charge is 0.481 e. The molecule has 0 bridgehead atoms.